The van der Waals surface area contributed by atoms with Gasteiger partial charge in [0.2, 0.25) is 6.17 Å². The number of allylic oxidation sites excluding steroid dienone is 6. The zero-order chi connectivity index (χ0) is 39.9. The van der Waals surface area contributed by atoms with Gasteiger partial charge in [-0.15, -0.1) is 5.06 Å². The molecule has 0 aliphatic carbocycles. The lowest BCUT2D eigenvalue weighted by Crippen LogP contribution is -3.12. The fraction of sp³-hybridized carbons (Fsp3) is 0.475. The van der Waals surface area contributed by atoms with Crippen LogP contribution in [0.4, 0.5) is 5.69 Å². The Morgan fingerprint density at radius 2 is 1.78 bits per heavy atom. The van der Waals surface area contributed by atoms with E-state index >= 15 is 0 Å². The number of imide groups is 1. The maximum Gasteiger partial charge on any atom is 0.333 e. The Balaban J connectivity index is 1.29. The molecule has 1 aromatic carbocycles. The van der Waals surface area contributed by atoms with E-state index < -0.39 is 23.2 Å². The van der Waals surface area contributed by atoms with E-state index in [9.17, 15) is 28.3 Å². The lowest BCUT2D eigenvalue weighted by molar-refractivity contribution is -0.868. The van der Waals surface area contributed by atoms with Crippen LogP contribution >= 0.6 is 24.1 Å². The van der Waals surface area contributed by atoms with Crippen molar-refractivity contribution in [3.63, 3.8) is 0 Å². The average Bonchev–Trinajstić information content (AvgIpc) is 3.70. The normalized spacial score (nSPS) is 22.0. The molecule has 4 heterocycles. The van der Waals surface area contributed by atoms with Crippen molar-refractivity contribution in [1.82, 2.24) is 10.1 Å². The van der Waals surface area contributed by atoms with Crippen LogP contribution in [0.2, 0.25) is 0 Å². The van der Waals surface area contributed by atoms with Gasteiger partial charge in [-0.3, -0.25) is 24.1 Å². The highest BCUT2D eigenvalue weighted by molar-refractivity contribution is 7.94. The number of benzene rings is 1. The Morgan fingerprint density at radius 1 is 1.04 bits per heavy atom. The van der Waals surface area contributed by atoms with Crippen LogP contribution in [0.25, 0.3) is 0 Å². The summed E-state index contributed by atoms with van der Waals surface area (Å²) < 4.78 is 19.1. The zero-order valence-electron chi connectivity index (χ0n) is 32.4. The average molecular weight is 795 g/mol. The third kappa shape index (κ3) is 9.35. The molecule has 0 spiro atoms. The van der Waals surface area contributed by atoms with Gasteiger partial charge in [0.25, 0.3) is 17.7 Å². The number of hydrogen-bond donors (Lipinski definition) is 3. The maximum absolute atomic E-state index is 13.1. The van der Waals surface area contributed by atoms with E-state index in [1.54, 1.807) is 7.05 Å². The van der Waals surface area contributed by atoms with Crippen LogP contribution in [0.15, 0.2) is 87.6 Å². The second kappa shape index (κ2) is 18.3. The number of nitrogens with zero attached hydrogens (tertiary/aromatic N) is 4. The van der Waals surface area contributed by atoms with E-state index in [4.69, 9.17) is 14.7 Å². The van der Waals surface area contributed by atoms with E-state index in [1.807, 2.05) is 54.8 Å². The number of likely N-dealkylation sites (N-methyl/N-ethyl adjacent to an activating group) is 1. The molecular formula is C40H52N5O8S2+. The molecule has 13 nitrogen and oxygen atoms in total. The molecule has 296 valence electrons. The van der Waals surface area contributed by atoms with Crippen LogP contribution in [0.5, 0.6) is 0 Å². The summed E-state index contributed by atoms with van der Waals surface area (Å²) in [5.74, 6) is -1.20. The molecule has 4 aliphatic heterocycles. The lowest BCUT2D eigenvalue weighted by atomic mass is 9.78. The van der Waals surface area contributed by atoms with Crippen molar-refractivity contribution in [2.45, 2.75) is 89.1 Å². The number of fused-ring (bicyclic) bond motifs is 2. The van der Waals surface area contributed by atoms with Gasteiger partial charge in [-0.1, -0.05) is 52.3 Å². The summed E-state index contributed by atoms with van der Waals surface area (Å²) in [5, 5.41) is 1.81. The van der Waals surface area contributed by atoms with Crippen molar-refractivity contribution >= 4 is 59.2 Å². The topological polar surface area (TPSA) is 154 Å². The minimum absolute atomic E-state index is 0.0648. The molecule has 0 radical (unpaired) electrons. The van der Waals surface area contributed by atoms with Gasteiger partial charge in [-0.2, -0.15) is 0 Å². The van der Waals surface area contributed by atoms with E-state index in [0.717, 1.165) is 81.4 Å². The third-order valence-electron chi connectivity index (χ3n) is 10.6. The van der Waals surface area contributed by atoms with Gasteiger partial charge in [-0.25, -0.2) is 14.9 Å². The smallest absolute Gasteiger partial charge is 0.333 e. The summed E-state index contributed by atoms with van der Waals surface area (Å²) in [6.07, 6.45) is 16.9. The first-order valence-electron chi connectivity index (χ1n) is 18.6. The van der Waals surface area contributed by atoms with E-state index in [0.29, 0.717) is 35.9 Å². The van der Waals surface area contributed by atoms with Gasteiger partial charge in [0.15, 0.2) is 0 Å². The van der Waals surface area contributed by atoms with E-state index in [2.05, 4.69) is 38.7 Å². The third-order valence-corrected chi connectivity index (χ3v) is 11.5. The summed E-state index contributed by atoms with van der Waals surface area (Å²) in [6.45, 7) is 9.98. The Kier molecular flexibility index (Phi) is 14.0. The molecule has 2 atom stereocenters. The predicted molar refractivity (Wildman–Crippen MR) is 214 cm³/mol. The van der Waals surface area contributed by atoms with Gasteiger partial charge >= 0.3 is 5.97 Å². The first-order valence-corrected chi connectivity index (χ1v) is 20.3. The highest BCUT2D eigenvalue weighted by Crippen LogP contribution is 2.49. The second-order valence-electron chi connectivity index (χ2n) is 14.9. The van der Waals surface area contributed by atoms with Crippen LogP contribution in [0.1, 0.15) is 78.2 Å². The number of carbonyl (C=O) groups is 4. The molecule has 1 saturated heterocycles. The monoisotopic (exact) mass is 794 g/mol. The number of hydroxylamine groups is 4. The molecule has 5 rings (SSSR count). The van der Waals surface area contributed by atoms with Crippen LogP contribution in [0, 0.1) is 5.41 Å². The zero-order valence-corrected chi connectivity index (χ0v) is 34.0. The fourth-order valence-electron chi connectivity index (χ4n) is 7.41. The van der Waals surface area contributed by atoms with Crippen molar-refractivity contribution in [2.75, 3.05) is 37.9 Å². The minimum Gasteiger partial charge on any atom is -0.344 e. The van der Waals surface area contributed by atoms with Gasteiger partial charge in [0.1, 0.15) is 6.20 Å². The minimum atomic E-state index is -0.589. The fourth-order valence-corrected chi connectivity index (χ4v) is 7.98. The Hall–Kier alpha value is -3.99. The first-order chi connectivity index (χ1) is 26.2. The number of hydrogen-bond acceptors (Lipinski definition) is 12. The second-order valence-corrected chi connectivity index (χ2v) is 16.3. The van der Waals surface area contributed by atoms with Crippen molar-refractivity contribution < 1.29 is 42.9 Å². The standard InChI is InChI=1S/C40H51N5O8S2/c1-39(2)30-24-27(38(49)42(5)52-6)26-43(21-13-23-54-50)37(30)41-32(39)14-9-7-10-15-33-40(3,4)29-25-28(55-51)17-18-31(29)44(33)22-12-8-11-16-36(48)53-45-34(46)19-20-35(45)47/h7,9-10,14-15,17-18,24-26,37,50-51H,8,11-13,16,19-23H2,1-6H3/p+1/b10-7+,14-9+,33-15+. The summed E-state index contributed by atoms with van der Waals surface area (Å²) in [6, 6.07) is 5.96. The molecule has 55 heavy (non-hydrogen) atoms. The molecule has 1 aromatic rings. The molecule has 3 N–H and O–H groups in total. The van der Waals surface area contributed by atoms with E-state index in [-0.39, 0.29) is 36.8 Å². The molecule has 1 fully saturated rings. The van der Waals surface area contributed by atoms with Crippen molar-refractivity contribution in [1.29, 1.82) is 0 Å². The number of rotatable bonds is 17. The van der Waals surface area contributed by atoms with Gasteiger partial charge in [-0.05, 0) is 66.9 Å². The largest absolute Gasteiger partial charge is 0.344 e. The van der Waals surface area contributed by atoms with Crippen LogP contribution in [-0.2, 0) is 34.3 Å². The molecular weight excluding hydrogens is 743 g/mol. The molecule has 3 amide bonds. The van der Waals surface area contributed by atoms with Crippen LogP contribution in [-0.4, -0.2) is 87.8 Å². The molecule has 2 unspecified atom stereocenters. The van der Waals surface area contributed by atoms with Gasteiger partial charge < -0.3 is 18.8 Å². The Morgan fingerprint density at radius 3 is 2.47 bits per heavy atom. The SMILES string of the molecule is CON(C)C(=O)C1=C[NH+](CCCSO)C2N=C(/C=C/C=C/C=C3/N(CCCCCC(=O)ON4C(=O)CCC4=O)c4ccc(SO)cc4C3(C)C)C(C)(C)C2=C1. The Bertz CT molecular complexity index is 1830. The van der Waals surface area contributed by atoms with Crippen LogP contribution < -0.4 is 9.80 Å². The summed E-state index contributed by atoms with van der Waals surface area (Å²) >= 11 is 1.54. The molecule has 0 bridgehead atoms. The highest BCUT2D eigenvalue weighted by atomic mass is 32.2. The lowest BCUT2D eigenvalue weighted by Gasteiger charge is -2.30. The first kappa shape index (κ1) is 42.2. The summed E-state index contributed by atoms with van der Waals surface area (Å²) in [4.78, 5) is 68.4. The number of aliphatic imine (C=N–C) groups is 1. The number of unbranched alkanes of at least 4 members (excludes halogenated alkanes) is 2. The maximum atomic E-state index is 13.1. The summed E-state index contributed by atoms with van der Waals surface area (Å²) in [5.41, 5.74) is 4.99. The summed E-state index contributed by atoms with van der Waals surface area (Å²) in [7, 11) is 3.05. The molecule has 15 heteroatoms. The number of anilines is 1. The number of amides is 3. The quantitative estimate of drug-likeness (QED) is 0.0590. The Labute approximate surface area is 331 Å². The van der Waals surface area contributed by atoms with Crippen molar-refractivity contribution in [3.05, 3.63) is 83.3 Å². The van der Waals surface area contributed by atoms with Gasteiger partial charge in [0.05, 0.1) is 24.9 Å². The van der Waals surface area contributed by atoms with Crippen molar-refractivity contribution in [3.8, 4) is 0 Å². The number of carbonyl (C=O) groups excluding carboxylic acids is 4. The molecule has 4 aliphatic rings. The predicted octanol–water partition coefficient (Wildman–Crippen LogP) is 5.65. The molecule has 0 aromatic heterocycles. The van der Waals surface area contributed by atoms with E-state index in [1.165, 1.54) is 12.2 Å². The number of quaternary nitrogens is 1. The van der Waals surface area contributed by atoms with Crippen molar-refractivity contribution in [2.24, 2.45) is 10.4 Å². The van der Waals surface area contributed by atoms with Gasteiger partial charge in [0, 0.05) is 89.8 Å². The van der Waals surface area contributed by atoms with Crippen LogP contribution in [0.3, 0.4) is 0 Å². The number of nitrogens with one attached hydrogen (secondary N) is 1. The highest BCUT2D eigenvalue weighted by Gasteiger charge is 2.46. The molecule has 0 saturated carbocycles.